The highest BCUT2D eigenvalue weighted by Crippen LogP contribution is 2.14. The second-order valence-corrected chi connectivity index (χ2v) is 8.99. The summed E-state index contributed by atoms with van der Waals surface area (Å²) >= 11 is 0. The van der Waals surface area contributed by atoms with Crippen molar-refractivity contribution in [2.24, 2.45) is 0 Å². The number of quaternary nitrogens is 1. The molecule has 0 atom stereocenters. The fourth-order valence-electron chi connectivity index (χ4n) is 3.67. The Morgan fingerprint density at radius 1 is 0.714 bits per heavy atom. The Bertz CT molecular complexity index is 383. The molecule has 0 rings (SSSR count). The van der Waals surface area contributed by atoms with E-state index >= 15 is 0 Å². The molecule has 0 amide bonds. The molecule has 168 valence electrons. The Kier molecular flexibility index (Phi) is 21.3. The van der Waals surface area contributed by atoms with Crippen LogP contribution in [0, 0.1) is 0 Å². The Morgan fingerprint density at radius 3 is 1.46 bits per heavy atom. The summed E-state index contributed by atoms with van der Waals surface area (Å²) < 4.78 is 0.991. The summed E-state index contributed by atoms with van der Waals surface area (Å²) in [4.78, 5) is 10.8. The van der Waals surface area contributed by atoms with Crippen LogP contribution in [0.5, 0.6) is 0 Å². The predicted octanol–water partition coefficient (Wildman–Crippen LogP) is 3.97. The molecule has 0 heterocycles. The lowest BCUT2D eigenvalue weighted by Crippen LogP contribution is -3.00. The maximum absolute atomic E-state index is 10.8. The van der Waals surface area contributed by atoms with E-state index in [1.54, 1.807) is 0 Å². The molecule has 0 aliphatic heterocycles. The molecule has 0 fully saturated rings. The van der Waals surface area contributed by atoms with Crippen molar-refractivity contribution in [1.82, 2.24) is 0 Å². The topological polar surface area (TPSA) is 37.3 Å². The van der Waals surface area contributed by atoms with Gasteiger partial charge in [-0.05, 0) is 19.3 Å². The van der Waals surface area contributed by atoms with Gasteiger partial charge in [0, 0.05) is 12.0 Å². The summed E-state index contributed by atoms with van der Waals surface area (Å²) in [5.41, 5.74) is 0.339. The summed E-state index contributed by atoms with van der Waals surface area (Å²) in [5.74, 6) is -0.854. The van der Waals surface area contributed by atoms with Crippen LogP contribution in [0.1, 0.15) is 110 Å². The van der Waals surface area contributed by atoms with E-state index in [-0.39, 0.29) is 17.0 Å². The van der Waals surface area contributed by atoms with E-state index in [1.165, 1.54) is 96.4 Å². The molecular weight excluding hydrogens is 414 g/mol. The minimum atomic E-state index is -0.854. The van der Waals surface area contributed by atoms with Gasteiger partial charge in [0.15, 0.2) is 0 Å². The number of carboxylic acid groups (broad SMARTS) is 1. The molecule has 4 heteroatoms. The SMILES string of the molecule is C=C(CCC[N+](C)(C)CCCCCCCCCCCCCCCC)C(=O)O.[Br-]. The molecule has 3 nitrogen and oxygen atoms in total. The number of halogens is 1. The van der Waals surface area contributed by atoms with Crippen LogP contribution in [0.25, 0.3) is 0 Å². The van der Waals surface area contributed by atoms with Crippen molar-refractivity contribution >= 4 is 5.97 Å². The second kappa shape index (κ2) is 19.9. The Balaban J connectivity index is 0. The van der Waals surface area contributed by atoms with Crippen molar-refractivity contribution in [2.45, 2.75) is 110 Å². The van der Waals surface area contributed by atoms with E-state index in [0.29, 0.717) is 12.0 Å². The van der Waals surface area contributed by atoms with E-state index in [9.17, 15) is 4.79 Å². The zero-order valence-corrected chi connectivity index (χ0v) is 20.7. The molecule has 0 aliphatic rings. The van der Waals surface area contributed by atoms with Gasteiger partial charge < -0.3 is 26.6 Å². The van der Waals surface area contributed by atoms with Gasteiger partial charge in [-0.1, -0.05) is 90.6 Å². The standard InChI is InChI=1S/C24H47NO2.BrH/c1-5-6-7-8-9-10-11-12-13-14-15-16-17-18-21-25(3,4)22-19-20-23(2)24(26)27;/h2,5-22H2,1,3-4H3;1H. The normalized spacial score (nSPS) is 11.2. The molecular formula is C24H48BrNO2. The lowest BCUT2D eigenvalue weighted by Gasteiger charge is -2.30. The van der Waals surface area contributed by atoms with Gasteiger partial charge in [-0.15, -0.1) is 0 Å². The number of carboxylic acids is 1. The van der Waals surface area contributed by atoms with Crippen molar-refractivity contribution < 1.29 is 31.4 Å². The molecule has 0 radical (unpaired) electrons. The average Bonchev–Trinajstić information content (AvgIpc) is 2.61. The van der Waals surface area contributed by atoms with Crippen LogP contribution in [0.15, 0.2) is 12.2 Å². The molecule has 0 aromatic rings. The van der Waals surface area contributed by atoms with Crippen molar-refractivity contribution in [3.8, 4) is 0 Å². The third kappa shape index (κ3) is 20.4. The number of aliphatic carboxylic acids is 1. The summed E-state index contributed by atoms with van der Waals surface area (Å²) in [6.07, 6.45) is 21.1. The number of hydrogen-bond donors (Lipinski definition) is 1. The molecule has 1 N–H and O–H groups in total. The Labute approximate surface area is 186 Å². The van der Waals surface area contributed by atoms with Gasteiger partial charge in [-0.2, -0.15) is 0 Å². The highest BCUT2D eigenvalue weighted by atomic mass is 79.9. The van der Waals surface area contributed by atoms with Gasteiger partial charge >= 0.3 is 5.97 Å². The van der Waals surface area contributed by atoms with Crippen LogP contribution < -0.4 is 17.0 Å². The molecule has 0 unspecified atom stereocenters. The van der Waals surface area contributed by atoms with Crippen molar-refractivity contribution in [3.63, 3.8) is 0 Å². The van der Waals surface area contributed by atoms with Crippen LogP contribution in [0.4, 0.5) is 0 Å². The van der Waals surface area contributed by atoms with E-state index in [1.807, 2.05) is 0 Å². The molecule has 0 bridgehead atoms. The highest BCUT2D eigenvalue weighted by molar-refractivity contribution is 5.85. The second-order valence-electron chi connectivity index (χ2n) is 8.99. The number of nitrogens with zero attached hydrogens (tertiary/aromatic N) is 1. The first-order valence-electron chi connectivity index (χ1n) is 11.6. The van der Waals surface area contributed by atoms with E-state index in [0.717, 1.165) is 17.4 Å². The fourth-order valence-corrected chi connectivity index (χ4v) is 3.67. The molecule has 0 aromatic heterocycles. The number of hydrogen-bond acceptors (Lipinski definition) is 1. The molecule has 0 saturated carbocycles. The summed E-state index contributed by atoms with van der Waals surface area (Å²) in [6.45, 7) is 8.11. The predicted molar refractivity (Wildman–Crippen MR) is 118 cm³/mol. The maximum Gasteiger partial charge on any atom is 0.330 e. The molecule has 0 aromatic carbocycles. The minimum absolute atomic E-state index is 0. The van der Waals surface area contributed by atoms with Gasteiger partial charge in [0.2, 0.25) is 0 Å². The number of rotatable bonds is 20. The summed E-state index contributed by atoms with van der Waals surface area (Å²) in [6, 6.07) is 0. The van der Waals surface area contributed by atoms with Crippen LogP contribution in [-0.2, 0) is 4.79 Å². The van der Waals surface area contributed by atoms with Gasteiger partial charge in [-0.3, -0.25) is 0 Å². The third-order valence-electron chi connectivity index (χ3n) is 5.66. The van der Waals surface area contributed by atoms with E-state index in [2.05, 4.69) is 27.6 Å². The van der Waals surface area contributed by atoms with Crippen LogP contribution in [-0.4, -0.2) is 42.7 Å². The van der Waals surface area contributed by atoms with E-state index in [4.69, 9.17) is 5.11 Å². The molecule has 0 saturated heterocycles. The quantitative estimate of drug-likeness (QED) is 0.169. The third-order valence-corrected chi connectivity index (χ3v) is 5.66. The summed E-state index contributed by atoms with van der Waals surface area (Å²) in [7, 11) is 4.51. The molecule has 0 aliphatic carbocycles. The molecule has 28 heavy (non-hydrogen) atoms. The Morgan fingerprint density at radius 2 is 1.07 bits per heavy atom. The lowest BCUT2D eigenvalue weighted by molar-refractivity contribution is -0.890. The largest absolute Gasteiger partial charge is 1.00 e. The zero-order chi connectivity index (χ0) is 20.4. The maximum atomic E-state index is 10.8. The monoisotopic (exact) mass is 461 g/mol. The van der Waals surface area contributed by atoms with Crippen LogP contribution in [0.3, 0.4) is 0 Å². The van der Waals surface area contributed by atoms with Crippen molar-refractivity contribution in [1.29, 1.82) is 0 Å². The van der Waals surface area contributed by atoms with Gasteiger partial charge in [-0.25, -0.2) is 4.79 Å². The first kappa shape index (κ1) is 29.8. The minimum Gasteiger partial charge on any atom is -1.00 e. The van der Waals surface area contributed by atoms with Crippen molar-refractivity contribution in [3.05, 3.63) is 12.2 Å². The fraction of sp³-hybridized carbons (Fsp3) is 0.875. The summed E-state index contributed by atoms with van der Waals surface area (Å²) in [5, 5.41) is 8.85. The van der Waals surface area contributed by atoms with Gasteiger partial charge in [0.05, 0.1) is 27.2 Å². The van der Waals surface area contributed by atoms with Gasteiger partial charge in [0.25, 0.3) is 0 Å². The lowest BCUT2D eigenvalue weighted by atomic mass is 10.0. The first-order chi connectivity index (χ1) is 12.9. The zero-order valence-electron chi connectivity index (χ0n) is 19.1. The highest BCUT2D eigenvalue weighted by Gasteiger charge is 2.15. The van der Waals surface area contributed by atoms with E-state index < -0.39 is 5.97 Å². The molecule has 0 spiro atoms. The number of unbranched alkanes of at least 4 members (excludes halogenated alkanes) is 13. The Hall–Kier alpha value is -0.350. The van der Waals surface area contributed by atoms with Crippen LogP contribution >= 0.6 is 0 Å². The van der Waals surface area contributed by atoms with Crippen molar-refractivity contribution in [2.75, 3.05) is 27.2 Å². The van der Waals surface area contributed by atoms with Crippen LogP contribution in [0.2, 0.25) is 0 Å². The van der Waals surface area contributed by atoms with Gasteiger partial charge in [0.1, 0.15) is 0 Å². The first-order valence-corrected chi connectivity index (χ1v) is 11.6. The smallest absolute Gasteiger partial charge is 0.330 e. The average molecular weight is 463 g/mol. The number of carbonyl (C=O) groups is 1.